The zero-order valence-corrected chi connectivity index (χ0v) is 17.0. The summed E-state index contributed by atoms with van der Waals surface area (Å²) in [7, 11) is 0. The van der Waals surface area contributed by atoms with Crippen LogP contribution in [0.2, 0.25) is 0 Å². The minimum absolute atomic E-state index is 0.00645. The van der Waals surface area contributed by atoms with E-state index in [0.29, 0.717) is 24.8 Å². The normalized spacial score (nSPS) is 22.0. The predicted octanol–water partition coefficient (Wildman–Crippen LogP) is 3.27. The van der Waals surface area contributed by atoms with Crippen LogP contribution >= 0.6 is 11.3 Å². The lowest BCUT2D eigenvalue weighted by Gasteiger charge is -2.38. The minimum atomic E-state index is -0.548. The average Bonchev–Trinajstić information content (AvgIpc) is 3.40. The van der Waals surface area contributed by atoms with Crippen LogP contribution in [0, 0.1) is 12.8 Å². The fraction of sp³-hybridized carbons (Fsp3) is 0.600. The number of carbonyl (C=O) groups is 2. The Kier molecular flexibility index (Phi) is 5.48. The van der Waals surface area contributed by atoms with Crippen molar-refractivity contribution in [3.63, 3.8) is 0 Å². The van der Waals surface area contributed by atoms with Crippen LogP contribution in [0.15, 0.2) is 22.0 Å². The Labute approximate surface area is 168 Å². The first-order valence-electron chi connectivity index (χ1n) is 10.0. The lowest BCUT2D eigenvalue weighted by Crippen LogP contribution is -2.53. The maximum absolute atomic E-state index is 13.2. The Morgan fingerprint density at radius 3 is 2.79 bits per heavy atom. The summed E-state index contributed by atoms with van der Waals surface area (Å²) in [5, 5.41) is 9.29. The number of hydrogen-bond donors (Lipinski definition) is 1. The summed E-state index contributed by atoms with van der Waals surface area (Å²) in [5.74, 6) is 0.908. The van der Waals surface area contributed by atoms with Crippen molar-refractivity contribution >= 4 is 23.2 Å². The van der Waals surface area contributed by atoms with E-state index < -0.39 is 5.54 Å². The van der Waals surface area contributed by atoms with Gasteiger partial charge in [0.2, 0.25) is 11.8 Å². The average molecular weight is 403 g/mol. The highest BCUT2D eigenvalue weighted by molar-refractivity contribution is 7.12. The molecule has 1 atom stereocenters. The van der Waals surface area contributed by atoms with E-state index in [1.165, 1.54) is 11.3 Å². The van der Waals surface area contributed by atoms with Gasteiger partial charge < -0.3 is 14.7 Å². The molecule has 1 aliphatic carbocycles. The topological polar surface area (TPSA) is 88.3 Å². The molecule has 4 rings (SSSR count). The molecule has 2 aromatic rings. The van der Waals surface area contributed by atoms with Gasteiger partial charge >= 0.3 is 0 Å². The fourth-order valence-corrected chi connectivity index (χ4v) is 5.01. The maximum atomic E-state index is 13.2. The Hall–Kier alpha value is -2.22. The van der Waals surface area contributed by atoms with Crippen molar-refractivity contribution < 1.29 is 14.1 Å². The van der Waals surface area contributed by atoms with Crippen LogP contribution in [0.5, 0.6) is 0 Å². The predicted molar refractivity (Wildman–Crippen MR) is 105 cm³/mol. The summed E-state index contributed by atoms with van der Waals surface area (Å²) in [6.07, 6.45) is 6.49. The van der Waals surface area contributed by atoms with Gasteiger partial charge in [0.25, 0.3) is 5.91 Å². The van der Waals surface area contributed by atoms with E-state index in [9.17, 15) is 9.59 Å². The number of likely N-dealkylation sites (tertiary alicyclic amines) is 1. The lowest BCUT2D eigenvalue weighted by molar-refractivity contribution is -0.129. The molecule has 1 unspecified atom stereocenters. The van der Waals surface area contributed by atoms with Gasteiger partial charge in [-0.2, -0.15) is 4.98 Å². The van der Waals surface area contributed by atoms with Crippen molar-refractivity contribution in [2.75, 3.05) is 13.1 Å². The molecule has 1 saturated carbocycles. The van der Waals surface area contributed by atoms with E-state index in [1.54, 1.807) is 6.92 Å². The molecule has 0 radical (unpaired) electrons. The van der Waals surface area contributed by atoms with Crippen molar-refractivity contribution in [3.8, 4) is 0 Å². The highest BCUT2D eigenvalue weighted by Gasteiger charge is 2.41. The number of aryl methyl sites for hydroxylation is 1. The highest BCUT2D eigenvalue weighted by atomic mass is 32.1. The van der Waals surface area contributed by atoms with Crippen LogP contribution < -0.4 is 5.32 Å². The number of thiophene rings is 1. The number of hydrogen-bond acceptors (Lipinski definition) is 6. The van der Waals surface area contributed by atoms with Crippen molar-refractivity contribution in [1.29, 1.82) is 0 Å². The zero-order valence-electron chi connectivity index (χ0n) is 16.1. The van der Waals surface area contributed by atoms with Crippen molar-refractivity contribution in [1.82, 2.24) is 20.4 Å². The molecular weight excluding hydrogens is 376 g/mol. The van der Waals surface area contributed by atoms with Crippen LogP contribution in [0.3, 0.4) is 0 Å². The number of nitrogens with zero attached hydrogens (tertiary/aromatic N) is 3. The second-order valence-electron chi connectivity index (χ2n) is 7.84. The molecule has 8 heteroatoms. The van der Waals surface area contributed by atoms with Gasteiger partial charge in [-0.3, -0.25) is 9.59 Å². The van der Waals surface area contributed by atoms with Gasteiger partial charge in [-0.25, -0.2) is 0 Å². The third-order valence-corrected chi connectivity index (χ3v) is 6.69. The molecule has 0 aromatic carbocycles. The second-order valence-corrected chi connectivity index (χ2v) is 8.78. The van der Waals surface area contributed by atoms with Gasteiger partial charge in [0.1, 0.15) is 5.54 Å². The first-order chi connectivity index (χ1) is 13.6. The van der Waals surface area contributed by atoms with E-state index in [4.69, 9.17) is 4.52 Å². The van der Waals surface area contributed by atoms with Crippen LogP contribution in [-0.2, 0) is 10.3 Å². The summed E-state index contributed by atoms with van der Waals surface area (Å²) >= 11 is 1.44. The van der Waals surface area contributed by atoms with Gasteiger partial charge in [0, 0.05) is 20.0 Å². The standard InChI is InChI=1S/C20H26N4O3S/c1-14-21-19(23-27-14)20(9-3-2-4-10-20)22-17(25)15-7-5-11-24(13-15)18(26)16-8-6-12-28-16/h6,8,12,15H,2-5,7,9-11,13H2,1H3,(H,22,25). The van der Waals surface area contributed by atoms with Crippen LogP contribution in [0.25, 0.3) is 0 Å². The molecule has 150 valence electrons. The molecule has 0 bridgehead atoms. The Morgan fingerprint density at radius 1 is 1.29 bits per heavy atom. The smallest absolute Gasteiger partial charge is 0.263 e. The SMILES string of the molecule is Cc1nc(C2(NC(=O)C3CCCN(C(=O)c4cccs4)C3)CCCCC2)no1. The Bertz CT molecular complexity index is 826. The minimum Gasteiger partial charge on any atom is -0.343 e. The maximum Gasteiger partial charge on any atom is 0.263 e. The molecular formula is C20H26N4O3S. The Morgan fingerprint density at radius 2 is 2.11 bits per heavy atom. The summed E-state index contributed by atoms with van der Waals surface area (Å²) in [5.41, 5.74) is -0.548. The molecule has 1 aliphatic heterocycles. The number of amides is 2. The van der Waals surface area contributed by atoms with Gasteiger partial charge in [0.15, 0.2) is 5.82 Å². The van der Waals surface area contributed by atoms with E-state index in [1.807, 2.05) is 22.4 Å². The van der Waals surface area contributed by atoms with Crippen molar-refractivity contribution in [2.45, 2.75) is 57.4 Å². The molecule has 1 N–H and O–H groups in total. The monoisotopic (exact) mass is 402 g/mol. The van der Waals surface area contributed by atoms with Gasteiger partial charge in [-0.15, -0.1) is 11.3 Å². The van der Waals surface area contributed by atoms with E-state index in [2.05, 4.69) is 15.5 Å². The molecule has 0 spiro atoms. The summed E-state index contributed by atoms with van der Waals surface area (Å²) in [4.78, 5) is 32.8. The molecule has 2 aromatic heterocycles. The quantitative estimate of drug-likeness (QED) is 0.848. The Balaban J connectivity index is 1.47. The summed E-state index contributed by atoms with van der Waals surface area (Å²) < 4.78 is 5.20. The van der Waals surface area contributed by atoms with Gasteiger partial charge in [-0.05, 0) is 37.1 Å². The largest absolute Gasteiger partial charge is 0.343 e. The fourth-order valence-electron chi connectivity index (χ4n) is 4.32. The number of carbonyl (C=O) groups excluding carboxylic acids is 2. The summed E-state index contributed by atoms with van der Waals surface area (Å²) in [6, 6.07) is 3.72. The third kappa shape index (κ3) is 3.83. The summed E-state index contributed by atoms with van der Waals surface area (Å²) in [6.45, 7) is 2.93. The van der Waals surface area contributed by atoms with Gasteiger partial charge in [0.05, 0.1) is 10.8 Å². The molecule has 7 nitrogen and oxygen atoms in total. The number of piperidine rings is 1. The van der Waals surface area contributed by atoms with Crippen LogP contribution in [-0.4, -0.2) is 39.9 Å². The van der Waals surface area contributed by atoms with E-state index >= 15 is 0 Å². The van der Waals surface area contributed by atoms with Crippen LogP contribution in [0.4, 0.5) is 0 Å². The highest BCUT2D eigenvalue weighted by Crippen LogP contribution is 2.36. The molecule has 2 fully saturated rings. The lowest BCUT2D eigenvalue weighted by atomic mass is 9.80. The van der Waals surface area contributed by atoms with E-state index in [-0.39, 0.29) is 17.7 Å². The molecule has 3 heterocycles. The van der Waals surface area contributed by atoms with Gasteiger partial charge in [-0.1, -0.05) is 30.5 Å². The van der Waals surface area contributed by atoms with E-state index in [0.717, 1.165) is 49.8 Å². The van der Waals surface area contributed by atoms with Crippen LogP contribution in [0.1, 0.15) is 66.3 Å². The first-order valence-corrected chi connectivity index (χ1v) is 10.9. The second kappa shape index (κ2) is 8.03. The van der Waals surface area contributed by atoms with Crippen molar-refractivity contribution in [3.05, 3.63) is 34.1 Å². The third-order valence-electron chi connectivity index (χ3n) is 5.84. The molecule has 2 aliphatic rings. The number of aromatic nitrogens is 2. The number of rotatable bonds is 4. The molecule has 28 heavy (non-hydrogen) atoms. The first kappa shape index (κ1) is 19.1. The zero-order chi connectivity index (χ0) is 19.6. The number of nitrogens with one attached hydrogen (secondary N) is 1. The molecule has 2 amide bonds. The molecule has 1 saturated heterocycles. The van der Waals surface area contributed by atoms with Crippen molar-refractivity contribution in [2.24, 2.45) is 5.92 Å².